The molecule has 24 heavy (non-hydrogen) atoms. The van der Waals surface area contributed by atoms with Gasteiger partial charge in [0, 0.05) is 10.7 Å². The summed E-state index contributed by atoms with van der Waals surface area (Å²) in [5, 5.41) is 12.4. The van der Waals surface area contributed by atoms with E-state index in [1.807, 2.05) is 0 Å². The number of carboxylic acid groups (broad SMARTS) is 1. The van der Waals surface area contributed by atoms with E-state index < -0.39 is 11.6 Å². The smallest absolute Gasteiger partial charge is 0.347 e. The SMILES string of the molecule is CC(C)(Oc1ccc(CC(=O)Nc2ccc(Cl)cc2)cc1)C(=O)O. The van der Waals surface area contributed by atoms with Crippen LogP contribution in [0.3, 0.4) is 0 Å². The minimum absolute atomic E-state index is 0.156. The van der Waals surface area contributed by atoms with E-state index in [2.05, 4.69) is 5.32 Å². The zero-order valence-corrected chi connectivity index (χ0v) is 14.1. The molecule has 2 aromatic rings. The van der Waals surface area contributed by atoms with E-state index in [4.69, 9.17) is 21.4 Å². The van der Waals surface area contributed by atoms with E-state index in [0.717, 1.165) is 5.56 Å². The van der Waals surface area contributed by atoms with Crippen LogP contribution in [0.1, 0.15) is 19.4 Å². The van der Waals surface area contributed by atoms with Gasteiger partial charge in [0.05, 0.1) is 6.42 Å². The summed E-state index contributed by atoms with van der Waals surface area (Å²) in [6.07, 6.45) is 0.200. The Balaban J connectivity index is 1.94. The average molecular weight is 348 g/mol. The minimum atomic E-state index is -1.31. The molecule has 0 fully saturated rings. The van der Waals surface area contributed by atoms with Crippen molar-refractivity contribution in [3.05, 3.63) is 59.1 Å². The average Bonchev–Trinajstić information content (AvgIpc) is 2.51. The highest BCUT2D eigenvalue weighted by molar-refractivity contribution is 6.30. The van der Waals surface area contributed by atoms with Crippen molar-refractivity contribution in [2.24, 2.45) is 0 Å². The highest BCUT2D eigenvalue weighted by atomic mass is 35.5. The van der Waals surface area contributed by atoms with Crippen LogP contribution in [0.25, 0.3) is 0 Å². The predicted octanol–water partition coefficient (Wildman–Crippen LogP) is 3.76. The summed E-state index contributed by atoms with van der Waals surface area (Å²) < 4.78 is 5.42. The molecule has 0 aliphatic rings. The maximum absolute atomic E-state index is 12.0. The molecule has 0 aliphatic carbocycles. The number of rotatable bonds is 6. The molecule has 5 nitrogen and oxygen atoms in total. The fourth-order valence-corrected chi connectivity index (χ4v) is 2.06. The van der Waals surface area contributed by atoms with Crippen molar-refractivity contribution in [1.29, 1.82) is 0 Å². The van der Waals surface area contributed by atoms with Gasteiger partial charge >= 0.3 is 5.97 Å². The third-order valence-corrected chi connectivity index (χ3v) is 3.56. The maximum Gasteiger partial charge on any atom is 0.347 e. The summed E-state index contributed by atoms with van der Waals surface area (Å²) in [7, 11) is 0. The molecular formula is C18H18ClNO4. The largest absolute Gasteiger partial charge is 0.478 e. The number of anilines is 1. The lowest BCUT2D eigenvalue weighted by Gasteiger charge is -2.21. The topological polar surface area (TPSA) is 75.6 Å². The third kappa shape index (κ3) is 4.99. The Morgan fingerprint density at radius 1 is 1.08 bits per heavy atom. The molecule has 0 atom stereocenters. The lowest BCUT2D eigenvalue weighted by Crippen LogP contribution is -2.37. The van der Waals surface area contributed by atoms with Crippen molar-refractivity contribution >= 4 is 29.2 Å². The molecule has 2 aromatic carbocycles. The van der Waals surface area contributed by atoms with E-state index >= 15 is 0 Å². The van der Waals surface area contributed by atoms with Gasteiger partial charge in [0.25, 0.3) is 0 Å². The van der Waals surface area contributed by atoms with Crippen LogP contribution in [-0.2, 0) is 16.0 Å². The quantitative estimate of drug-likeness (QED) is 0.834. The summed E-state index contributed by atoms with van der Waals surface area (Å²) in [6, 6.07) is 13.6. The van der Waals surface area contributed by atoms with Crippen LogP contribution >= 0.6 is 11.6 Å². The minimum Gasteiger partial charge on any atom is -0.478 e. The standard InChI is InChI=1S/C18H18ClNO4/c1-18(2,17(22)23)24-15-9-3-12(4-10-15)11-16(21)20-14-7-5-13(19)6-8-14/h3-10H,11H2,1-2H3,(H,20,21)(H,22,23). The van der Waals surface area contributed by atoms with Gasteiger partial charge in [0.15, 0.2) is 5.60 Å². The van der Waals surface area contributed by atoms with Gasteiger partial charge in [-0.05, 0) is 55.8 Å². The molecule has 0 saturated carbocycles. The molecule has 0 radical (unpaired) electrons. The molecule has 126 valence electrons. The van der Waals surface area contributed by atoms with Crippen LogP contribution in [0, 0.1) is 0 Å². The number of hydrogen-bond donors (Lipinski definition) is 2. The normalized spacial score (nSPS) is 11.0. The monoisotopic (exact) mass is 347 g/mol. The molecule has 2 N–H and O–H groups in total. The number of amides is 1. The summed E-state index contributed by atoms with van der Waals surface area (Å²) in [5.41, 5.74) is 0.155. The van der Waals surface area contributed by atoms with E-state index in [9.17, 15) is 9.59 Å². The van der Waals surface area contributed by atoms with Gasteiger partial charge in [-0.3, -0.25) is 4.79 Å². The van der Waals surface area contributed by atoms with Crippen LogP contribution in [0.4, 0.5) is 5.69 Å². The first kappa shape index (κ1) is 17.8. The number of carbonyl (C=O) groups is 2. The van der Waals surface area contributed by atoms with Gasteiger partial charge in [-0.15, -0.1) is 0 Å². The number of carboxylic acids is 1. The van der Waals surface area contributed by atoms with Gasteiger partial charge < -0.3 is 15.2 Å². The lowest BCUT2D eigenvalue weighted by molar-refractivity contribution is -0.152. The van der Waals surface area contributed by atoms with Crippen molar-refractivity contribution in [1.82, 2.24) is 0 Å². The highest BCUT2D eigenvalue weighted by Gasteiger charge is 2.29. The van der Waals surface area contributed by atoms with Gasteiger partial charge in [-0.1, -0.05) is 23.7 Å². The summed E-state index contributed by atoms with van der Waals surface area (Å²) >= 11 is 5.80. The first-order valence-electron chi connectivity index (χ1n) is 7.33. The Bertz CT molecular complexity index is 724. The van der Waals surface area contributed by atoms with Crippen LogP contribution in [0.15, 0.2) is 48.5 Å². The second-order valence-electron chi connectivity index (χ2n) is 5.79. The summed E-state index contributed by atoms with van der Waals surface area (Å²) in [5.74, 6) is -0.768. The first-order valence-corrected chi connectivity index (χ1v) is 7.71. The number of hydrogen-bond acceptors (Lipinski definition) is 3. The van der Waals surface area contributed by atoms with Crippen LogP contribution in [0.5, 0.6) is 5.75 Å². The summed E-state index contributed by atoms with van der Waals surface area (Å²) in [6.45, 7) is 2.95. The number of benzene rings is 2. The second kappa shape index (κ2) is 7.36. The number of ether oxygens (including phenoxy) is 1. The fraction of sp³-hybridized carbons (Fsp3) is 0.222. The van der Waals surface area contributed by atoms with E-state index in [1.54, 1.807) is 48.5 Å². The Labute approximate surface area is 145 Å². The molecule has 0 aromatic heterocycles. The highest BCUT2D eigenvalue weighted by Crippen LogP contribution is 2.20. The van der Waals surface area contributed by atoms with Gasteiger partial charge in [0.2, 0.25) is 5.91 Å². The van der Waals surface area contributed by atoms with Crippen molar-refractivity contribution in [3.63, 3.8) is 0 Å². The van der Waals surface area contributed by atoms with Crippen molar-refractivity contribution in [2.75, 3.05) is 5.32 Å². The van der Waals surface area contributed by atoms with E-state index in [0.29, 0.717) is 16.5 Å². The molecule has 1 amide bonds. The molecule has 0 heterocycles. The Kier molecular flexibility index (Phi) is 5.46. The van der Waals surface area contributed by atoms with Gasteiger partial charge in [-0.2, -0.15) is 0 Å². The zero-order valence-electron chi connectivity index (χ0n) is 13.4. The second-order valence-corrected chi connectivity index (χ2v) is 6.23. The fourth-order valence-electron chi connectivity index (χ4n) is 1.94. The Morgan fingerprint density at radius 2 is 1.67 bits per heavy atom. The first-order chi connectivity index (χ1) is 11.3. The number of nitrogens with one attached hydrogen (secondary N) is 1. The lowest BCUT2D eigenvalue weighted by atomic mass is 10.1. The molecule has 0 unspecified atom stereocenters. The van der Waals surface area contributed by atoms with E-state index in [1.165, 1.54) is 13.8 Å². The molecule has 2 rings (SSSR count). The van der Waals surface area contributed by atoms with Crippen molar-refractivity contribution < 1.29 is 19.4 Å². The van der Waals surface area contributed by atoms with Crippen LogP contribution in [-0.4, -0.2) is 22.6 Å². The molecule has 0 aliphatic heterocycles. The molecule has 6 heteroatoms. The van der Waals surface area contributed by atoms with Crippen molar-refractivity contribution in [2.45, 2.75) is 25.9 Å². The van der Waals surface area contributed by atoms with E-state index in [-0.39, 0.29) is 12.3 Å². The predicted molar refractivity (Wildman–Crippen MR) is 92.6 cm³/mol. The van der Waals surface area contributed by atoms with Gasteiger partial charge in [0.1, 0.15) is 5.75 Å². The zero-order chi connectivity index (χ0) is 17.7. The maximum atomic E-state index is 12.0. The number of aliphatic carboxylic acids is 1. The van der Waals surface area contributed by atoms with Crippen LogP contribution in [0.2, 0.25) is 5.02 Å². The molecule has 0 bridgehead atoms. The summed E-state index contributed by atoms with van der Waals surface area (Å²) in [4.78, 5) is 23.1. The number of halogens is 1. The molecule has 0 spiro atoms. The Hall–Kier alpha value is -2.53. The van der Waals surface area contributed by atoms with Crippen molar-refractivity contribution in [3.8, 4) is 5.75 Å². The van der Waals surface area contributed by atoms with Gasteiger partial charge in [-0.25, -0.2) is 4.79 Å². The molecular weight excluding hydrogens is 330 g/mol. The molecule has 0 saturated heterocycles. The number of carbonyl (C=O) groups excluding carboxylic acids is 1. The Morgan fingerprint density at radius 3 is 2.21 bits per heavy atom. The third-order valence-electron chi connectivity index (χ3n) is 3.30. The van der Waals surface area contributed by atoms with Crippen LogP contribution < -0.4 is 10.1 Å².